The van der Waals surface area contributed by atoms with Crippen molar-refractivity contribution in [2.45, 2.75) is 25.2 Å². The Morgan fingerprint density at radius 2 is 2.07 bits per heavy atom. The van der Waals surface area contributed by atoms with Gasteiger partial charge in [0.1, 0.15) is 12.2 Å². The summed E-state index contributed by atoms with van der Waals surface area (Å²) in [7, 11) is 0. The van der Waals surface area contributed by atoms with E-state index in [4.69, 9.17) is 10.2 Å². The maximum Gasteiger partial charge on any atom is 0.256 e. The molecule has 1 aliphatic rings. The maximum atomic E-state index is 12.5. The maximum absolute atomic E-state index is 12.5. The molecular weight excluding hydrogens is 368 g/mol. The van der Waals surface area contributed by atoms with Gasteiger partial charge in [0.25, 0.3) is 5.56 Å². The molecule has 0 radical (unpaired) electrons. The fourth-order valence-corrected chi connectivity index (χ4v) is 4.31. The summed E-state index contributed by atoms with van der Waals surface area (Å²) in [6, 6.07) is 5.66. The predicted octanol–water partition coefficient (Wildman–Crippen LogP) is 2.57. The van der Waals surface area contributed by atoms with Gasteiger partial charge < -0.3 is 14.9 Å². The first-order valence-corrected chi connectivity index (χ1v) is 9.59. The monoisotopic (exact) mass is 386 g/mol. The number of imidazole rings is 1. The first kappa shape index (κ1) is 17.4. The lowest BCUT2D eigenvalue weighted by atomic mass is 9.96. The zero-order chi connectivity index (χ0) is 20.0. The number of H-pyrrole nitrogens is 2. The lowest BCUT2D eigenvalue weighted by Gasteiger charge is -2.30. The van der Waals surface area contributed by atoms with E-state index in [1.807, 2.05) is 18.2 Å². The number of pyridine rings is 2. The van der Waals surface area contributed by atoms with Gasteiger partial charge in [0, 0.05) is 53.8 Å². The Morgan fingerprint density at radius 3 is 2.86 bits per heavy atom. The van der Waals surface area contributed by atoms with Crippen LogP contribution in [0.15, 0.2) is 35.5 Å². The van der Waals surface area contributed by atoms with E-state index in [1.54, 1.807) is 23.5 Å². The number of piperidine rings is 1. The van der Waals surface area contributed by atoms with Crippen molar-refractivity contribution in [3.8, 4) is 6.07 Å². The number of fused-ring (bicyclic) bond motifs is 6. The molecular formula is C21H18N6O2. The average molecular weight is 386 g/mol. The molecule has 5 rings (SSSR count). The highest BCUT2D eigenvalue weighted by atomic mass is 16.2. The fourth-order valence-electron chi connectivity index (χ4n) is 4.31. The molecule has 0 atom stereocenters. The van der Waals surface area contributed by atoms with Gasteiger partial charge in [0.05, 0.1) is 22.5 Å². The molecule has 0 spiro atoms. The molecule has 3 aromatic heterocycles. The summed E-state index contributed by atoms with van der Waals surface area (Å²) in [5.74, 6) is 0.945. The molecule has 1 saturated heterocycles. The summed E-state index contributed by atoms with van der Waals surface area (Å²) < 4.78 is 0. The van der Waals surface area contributed by atoms with Crippen molar-refractivity contribution in [1.82, 2.24) is 24.8 Å². The molecule has 4 heterocycles. The van der Waals surface area contributed by atoms with Gasteiger partial charge in [-0.15, -0.1) is 0 Å². The third-order valence-corrected chi connectivity index (χ3v) is 5.76. The van der Waals surface area contributed by atoms with Gasteiger partial charge in [-0.25, -0.2) is 4.98 Å². The SMILES string of the molecule is N#CCC(=O)N1CCC(c2nc3c4cnccc4c4c(=O)[nH]ccc4c3[nH]2)CC1. The van der Waals surface area contributed by atoms with Crippen LogP contribution in [0.5, 0.6) is 0 Å². The van der Waals surface area contributed by atoms with Gasteiger partial charge in [-0.05, 0) is 25.0 Å². The molecule has 0 bridgehead atoms. The molecule has 0 unspecified atom stereocenters. The van der Waals surface area contributed by atoms with Crippen LogP contribution in [0.25, 0.3) is 32.6 Å². The van der Waals surface area contributed by atoms with E-state index in [0.717, 1.165) is 45.9 Å². The number of hydrogen-bond donors (Lipinski definition) is 2. The summed E-state index contributed by atoms with van der Waals surface area (Å²) in [6.45, 7) is 1.23. The van der Waals surface area contributed by atoms with E-state index < -0.39 is 0 Å². The smallest absolute Gasteiger partial charge is 0.256 e. The van der Waals surface area contributed by atoms with E-state index in [9.17, 15) is 9.59 Å². The number of benzene rings is 1. The summed E-state index contributed by atoms with van der Waals surface area (Å²) in [4.78, 5) is 41.5. The number of aromatic amines is 2. The number of amides is 1. The lowest BCUT2D eigenvalue weighted by Crippen LogP contribution is -2.37. The quantitative estimate of drug-likeness (QED) is 0.513. The van der Waals surface area contributed by atoms with Crippen LogP contribution in [0.4, 0.5) is 0 Å². The number of carbonyl (C=O) groups is 1. The van der Waals surface area contributed by atoms with Crippen molar-refractivity contribution >= 4 is 38.5 Å². The molecule has 4 aromatic rings. The Labute approximate surface area is 165 Å². The minimum atomic E-state index is -0.138. The van der Waals surface area contributed by atoms with Crippen molar-refractivity contribution < 1.29 is 4.79 Å². The number of nitrogens with one attached hydrogen (secondary N) is 2. The van der Waals surface area contributed by atoms with E-state index in [-0.39, 0.29) is 23.8 Å². The van der Waals surface area contributed by atoms with Gasteiger partial charge in [0.15, 0.2) is 0 Å². The van der Waals surface area contributed by atoms with E-state index in [0.29, 0.717) is 18.5 Å². The minimum absolute atomic E-state index is 0.0746. The van der Waals surface area contributed by atoms with E-state index in [1.165, 1.54) is 0 Å². The van der Waals surface area contributed by atoms with Crippen LogP contribution in [-0.2, 0) is 4.79 Å². The molecule has 29 heavy (non-hydrogen) atoms. The molecule has 8 nitrogen and oxygen atoms in total. The second kappa shape index (κ2) is 6.71. The number of nitriles is 1. The molecule has 1 aromatic carbocycles. The lowest BCUT2D eigenvalue weighted by molar-refractivity contribution is -0.131. The molecule has 1 amide bonds. The van der Waals surface area contributed by atoms with Gasteiger partial charge >= 0.3 is 0 Å². The number of aromatic nitrogens is 4. The van der Waals surface area contributed by atoms with Crippen LogP contribution < -0.4 is 5.56 Å². The second-order valence-corrected chi connectivity index (χ2v) is 7.35. The van der Waals surface area contributed by atoms with Crippen molar-refractivity contribution in [3.63, 3.8) is 0 Å². The van der Waals surface area contributed by atoms with Crippen LogP contribution >= 0.6 is 0 Å². The number of nitrogens with zero attached hydrogens (tertiary/aromatic N) is 4. The van der Waals surface area contributed by atoms with Crippen LogP contribution in [0.2, 0.25) is 0 Å². The van der Waals surface area contributed by atoms with Crippen molar-refractivity contribution in [2.24, 2.45) is 0 Å². The van der Waals surface area contributed by atoms with Crippen LogP contribution in [0.3, 0.4) is 0 Å². The van der Waals surface area contributed by atoms with Crippen molar-refractivity contribution in [3.05, 3.63) is 46.9 Å². The second-order valence-electron chi connectivity index (χ2n) is 7.35. The van der Waals surface area contributed by atoms with Gasteiger partial charge in [-0.1, -0.05) is 0 Å². The number of carbonyl (C=O) groups excluding carboxylic acids is 1. The Bertz CT molecular complexity index is 1350. The topological polar surface area (TPSA) is 119 Å². The number of likely N-dealkylation sites (tertiary alicyclic amines) is 1. The van der Waals surface area contributed by atoms with Gasteiger partial charge in [-0.2, -0.15) is 5.26 Å². The largest absolute Gasteiger partial charge is 0.342 e. The third-order valence-electron chi connectivity index (χ3n) is 5.76. The highest BCUT2D eigenvalue weighted by molar-refractivity contribution is 6.22. The molecule has 0 saturated carbocycles. The molecule has 8 heteroatoms. The van der Waals surface area contributed by atoms with Gasteiger partial charge in [0.2, 0.25) is 5.91 Å². The highest BCUT2D eigenvalue weighted by Crippen LogP contribution is 2.34. The Hall–Kier alpha value is -3.73. The fraction of sp³-hybridized carbons (Fsp3) is 0.286. The predicted molar refractivity (Wildman–Crippen MR) is 108 cm³/mol. The molecule has 1 fully saturated rings. The third kappa shape index (κ3) is 2.74. The van der Waals surface area contributed by atoms with Crippen molar-refractivity contribution in [1.29, 1.82) is 5.26 Å². The highest BCUT2D eigenvalue weighted by Gasteiger charge is 2.26. The van der Waals surface area contributed by atoms with Gasteiger partial charge in [-0.3, -0.25) is 14.6 Å². The summed E-state index contributed by atoms with van der Waals surface area (Å²) in [5.41, 5.74) is 1.51. The Kier molecular flexibility index (Phi) is 4.02. The number of hydrogen-bond acceptors (Lipinski definition) is 5. The first-order valence-electron chi connectivity index (χ1n) is 9.59. The zero-order valence-electron chi connectivity index (χ0n) is 15.6. The molecule has 144 valence electrons. The average Bonchev–Trinajstić information content (AvgIpc) is 3.20. The van der Waals surface area contributed by atoms with Crippen LogP contribution in [0.1, 0.15) is 31.0 Å². The van der Waals surface area contributed by atoms with Crippen LogP contribution in [-0.4, -0.2) is 43.8 Å². The van der Waals surface area contributed by atoms with Crippen molar-refractivity contribution in [2.75, 3.05) is 13.1 Å². The summed E-state index contributed by atoms with van der Waals surface area (Å²) >= 11 is 0. The summed E-state index contributed by atoms with van der Waals surface area (Å²) in [5, 5.41) is 11.9. The zero-order valence-corrected chi connectivity index (χ0v) is 15.6. The first-order chi connectivity index (χ1) is 14.2. The minimum Gasteiger partial charge on any atom is -0.342 e. The van der Waals surface area contributed by atoms with Crippen LogP contribution in [0, 0.1) is 11.3 Å². The number of rotatable bonds is 2. The Balaban J connectivity index is 1.60. The normalized spacial score (nSPS) is 15.2. The molecule has 2 N–H and O–H groups in total. The molecule has 1 aliphatic heterocycles. The Morgan fingerprint density at radius 1 is 1.24 bits per heavy atom. The summed E-state index contributed by atoms with van der Waals surface area (Å²) in [6.07, 6.45) is 6.57. The molecule has 0 aliphatic carbocycles. The van der Waals surface area contributed by atoms with E-state index >= 15 is 0 Å². The van der Waals surface area contributed by atoms with E-state index in [2.05, 4.69) is 15.0 Å². The standard InChI is InChI=1S/C21H18N6O2/c22-6-1-16(28)27-9-4-12(5-10-27)20-25-18-14-3-8-24-21(29)17(14)13-2-7-23-11-15(13)19(18)26-20/h2-3,7-8,11-12H,1,4-5,9-10H2,(H,24,29)(H,25,26).